The molecule has 7 heteroatoms. The van der Waals surface area contributed by atoms with Crippen LogP contribution in [0, 0.1) is 17.0 Å². The maximum atomic E-state index is 14.3. The lowest BCUT2D eigenvalue weighted by molar-refractivity contribution is -0.123. The van der Waals surface area contributed by atoms with Crippen LogP contribution in [0.15, 0.2) is 54.7 Å². The summed E-state index contributed by atoms with van der Waals surface area (Å²) in [6.45, 7) is 5.15. The second-order valence-electron chi connectivity index (χ2n) is 7.72. The largest absolute Gasteiger partial charge is 0.323 e. The average molecular weight is 429 g/mol. The minimum Gasteiger partial charge on any atom is -0.323 e. The van der Waals surface area contributed by atoms with Crippen molar-refractivity contribution >= 4 is 29.0 Å². The highest BCUT2D eigenvalue weighted by atomic mass is 35.5. The zero-order chi connectivity index (χ0) is 22.1. The molecular weight excluding hydrogens is 410 g/mol. The van der Waals surface area contributed by atoms with Gasteiger partial charge in [-0.05, 0) is 24.3 Å². The van der Waals surface area contributed by atoms with E-state index in [4.69, 9.17) is 11.6 Å². The van der Waals surface area contributed by atoms with Gasteiger partial charge in [-0.15, -0.1) is 0 Å². The summed E-state index contributed by atoms with van der Waals surface area (Å²) in [4.78, 5) is 30.2. The molecule has 0 saturated carbocycles. The third-order valence-electron chi connectivity index (χ3n) is 4.42. The number of amides is 1. The summed E-state index contributed by atoms with van der Waals surface area (Å²) in [5, 5.41) is 3.12. The first-order chi connectivity index (χ1) is 14.1. The molecule has 4 nitrogen and oxygen atoms in total. The van der Waals surface area contributed by atoms with Crippen LogP contribution in [0.25, 0.3) is 11.3 Å². The number of anilines is 1. The predicted octanol–water partition coefficient (Wildman–Crippen LogP) is 5.90. The number of carbonyl (C=O) groups excluding carboxylic acids is 2. The van der Waals surface area contributed by atoms with Gasteiger partial charge in [0.05, 0.1) is 22.0 Å². The Morgan fingerprint density at radius 2 is 1.70 bits per heavy atom. The number of benzene rings is 2. The lowest BCUT2D eigenvalue weighted by Gasteiger charge is -2.21. The van der Waals surface area contributed by atoms with E-state index >= 15 is 0 Å². The normalized spacial score (nSPS) is 11.3. The van der Waals surface area contributed by atoms with E-state index in [0.717, 1.165) is 12.1 Å². The number of ketones is 1. The summed E-state index contributed by atoms with van der Waals surface area (Å²) in [6, 6.07) is 10.9. The first-order valence-electron chi connectivity index (χ1n) is 9.14. The van der Waals surface area contributed by atoms with E-state index in [1.807, 2.05) is 0 Å². The van der Waals surface area contributed by atoms with Crippen LogP contribution in [0.4, 0.5) is 14.5 Å². The maximum absolute atomic E-state index is 14.3. The number of hydrogen-bond donors (Lipinski definition) is 1. The van der Waals surface area contributed by atoms with Crippen LogP contribution < -0.4 is 5.32 Å². The third kappa shape index (κ3) is 4.39. The molecule has 1 aromatic heterocycles. The van der Waals surface area contributed by atoms with Crippen molar-refractivity contribution in [1.29, 1.82) is 0 Å². The van der Waals surface area contributed by atoms with E-state index in [2.05, 4.69) is 10.3 Å². The van der Waals surface area contributed by atoms with Crippen molar-refractivity contribution in [2.75, 3.05) is 5.32 Å². The number of hydrogen-bond acceptors (Lipinski definition) is 3. The molecule has 0 radical (unpaired) electrons. The van der Waals surface area contributed by atoms with Gasteiger partial charge in [0.15, 0.2) is 5.78 Å². The fourth-order valence-electron chi connectivity index (χ4n) is 2.75. The lowest BCUT2D eigenvalue weighted by atomic mass is 9.94. The van der Waals surface area contributed by atoms with Crippen molar-refractivity contribution in [2.24, 2.45) is 5.41 Å². The van der Waals surface area contributed by atoms with E-state index in [-0.39, 0.29) is 28.4 Å². The average Bonchev–Trinajstić information content (AvgIpc) is 2.67. The fourth-order valence-corrected chi connectivity index (χ4v) is 2.98. The van der Waals surface area contributed by atoms with Gasteiger partial charge in [0.1, 0.15) is 11.6 Å². The molecule has 0 aliphatic rings. The van der Waals surface area contributed by atoms with Crippen LogP contribution in [0.3, 0.4) is 0 Å². The Morgan fingerprint density at radius 1 is 1.00 bits per heavy atom. The molecule has 0 aliphatic carbocycles. The molecule has 0 fully saturated rings. The summed E-state index contributed by atoms with van der Waals surface area (Å²) in [6.07, 6.45) is 1.38. The standard InChI is InChI=1S/C23H19ClF2N2O2/c1-23(2,3)22(30)28-20-16(21(29)15-9-8-13(25)12-18(15)26)10-11-27-19(20)14-6-4-5-7-17(14)24/h4-12H,1-3H3,(H,28,30). The summed E-state index contributed by atoms with van der Waals surface area (Å²) < 4.78 is 27.6. The van der Waals surface area contributed by atoms with Crippen molar-refractivity contribution in [3.8, 4) is 11.3 Å². The van der Waals surface area contributed by atoms with E-state index in [1.165, 1.54) is 12.3 Å². The number of nitrogens with one attached hydrogen (secondary N) is 1. The minimum atomic E-state index is -0.996. The highest BCUT2D eigenvalue weighted by molar-refractivity contribution is 6.33. The Bertz CT molecular complexity index is 1140. The van der Waals surface area contributed by atoms with Crippen LogP contribution in [0.2, 0.25) is 5.02 Å². The molecule has 0 atom stereocenters. The Kier molecular flexibility index (Phi) is 5.99. The molecule has 0 aliphatic heterocycles. The van der Waals surface area contributed by atoms with Gasteiger partial charge in [0, 0.05) is 28.8 Å². The van der Waals surface area contributed by atoms with Gasteiger partial charge in [-0.2, -0.15) is 0 Å². The molecule has 2 aromatic carbocycles. The van der Waals surface area contributed by atoms with Gasteiger partial charge in [-0.25, -0.2) is 8.78 Å². The zero-order valence-corrected chi connectivity index (χ0v) is 17.3. The third-order valence-corrected chi connectivity index (χ3v) is 4.75. The van der Waals surface area contributed by atoms with Crippen molar-refractivity contribution in [1.82, 2.24) is 4.98 Å². The molecule has 1 amide bonds. The smallest absolute Gasteiger partial charge is 0.229 e. The highest BCUT2D eigenvalue weighted by Crippen LogP contribution is 2.35. The number of rotatable bonds is 4. The van der Waals surface area contributed by atoms with Crippen molar-refractivity contribution < 1.29 is 18.4 Å². The first-order valence-corrected chi connectivity index (χ1v) is 9.52. The second-order valence-corrected chi connectivity index (χ2v) is 8.13. The van der Waals surface area contributed by atoms with Crippen molar-refractivity contribution in [2.45, 2.75) is 20.8 Å². The summed E-state index contributed by atoms with van der Waals surface area (Å²) in [5.41, 5.74) is -0.194. The van der Waals surface area contributed by atoms with Crippen LogP contribution in [-0.2, 0) is 4.79 Å². The van der Waals surface area contributed by atoms with Crippen LogP contribution >= 0.6 is 11.6 Å². The van der Waals surface area contributed by atoms with Crippen molar-refractivity contribution in [3.63, 3.8) is 0 Å². The zero-order valence-electron chi connectivity index (χ0n) is 16.6. The van der Waals surface area contributed by atoms with Gasteiger partial charge in [-0.3, -0.25) is 14.6 Å². The van der Waals surface area contributed by atoms with Gasteiger partial charge in [0.25, 0.3) is 0 Å². The first kappa shape index (κ1) is 21.6. The van der Waals surface area contributed by atoms with E-state index in [1.54, 1.807) is 45.0 Å². The lowest BCUT2D eigenvalue weighted by Crippen LogP contribution is -2.29. The van der Waals surface area contributed by atoms with E-state index in [9.17, 15) is 18.4 Å². The highest BCUT2D eigenvalue weighted by Gasteiger charge is 2.27. The molecule has 1 heterocycles. The molecule has 0 spiro atoms. The Hall–Kier alpha value is -3.12. The topological polar surface area (TPSA) is 59.1 Å². The van der Waals surface area contributed by atoms with Crippen LogP contribution in [0.5, 0.6) is 0 Å². The number of pyridine rings is 1. The SMILES string of the molecule is CC(C)(C)C(=O)Nc1c(C(=O)c2ccc(F)cc2F)ccnc1-c1ccccc1Cl. The number of nitrogens with zero attached hydrogens (tertiary/aromatic N) is 1. The quantitative estimate of drug-likeness (QED) is 0.526. The Labute approximate surface area is 177 Å². The molecule has 3 rings (SSSR count). The second kappa shape index (κ2) is 8.32. The Balaban J connectivity index is 2.22. The van der Waals surface area contributed by atoms with Crippen molar-refractivity contribution in [3.05, 3.63) is 82.5 Å². The molecule has 0 unspecified atom stereocenters. The molecular formula is C23H19ClF2N2O2. The molecule has 30 heavy (non-hydrogen) atoms. The monoisotopic (exact) mass is 428 g/mol. The predicted molar refractivity (Wildman–Crippen MR) is 113 cm³/mol. The Morgan fingerprint density at radius 3 is 2.33 bits per heavy atom. The van der Waals surface area contributed by atoms with Gasteiger partial charge in [-0.1, -0.05) is 50.6 Å². The number of aromatic nitrogens is 1. The molecule has 3 aromatic rings. The fraction of sp³-hybridized carbons (Fsp3) is 0.174. The molecule has 0 bridgehead atoms. The summed E-state index contributed by atoms with van der Waals surface area (Å²) in [5.74, 6) is -2.87. The summed E-state index contributed by atoms with van der Waals surface area (Å²) >= 11 is 6.31. The van der Waals surface area contributed by atoms with Crippen LogP contribution in [-0.4, -0.2) is 16.7 Å². The number of carbonyl (C=O) groups is 2. The van der Waals surface area contributed by atoms with Gasteiger partial charge in [0.2, 0.25) is 5.91 Å². The van der Waals surface area contributed by atoms with E-state index in [0.29, 0.717) is 16.7 Å². The maximum Gasteiger partial charge on any atom is 0.229 e. The van der Waals surface area contributed by atoms with Crippen LogP contribution in [0.1, 0.15) is 36.7 Å². The number of halogens is 3. The molecule has 154 valence electrons. The molecule has 0 saturated heterocycles. The van der Waals surface area contributed by atoms with E-state index < -0.39 is 22.8 Å². The van der Waals surface area contributed by atoms with Gasteiger partial charge < -0.3 is 5.32 Å². The summed E-state index contributed by atoms with van der Waals surface area (Å²) in [7, 11) is 0. The molecule has 1 N–H and O–H groups in total. The van der Waals surface area contributed by atoms with Gasteiger partial charge >= 0.3 is 0 Å². The minimum absolute atomic E-state index is 0.0167.